The van der Waals surface area contributed by atoms with E-state index >= 15 is 0 Å². The summed E-state index contributed by atoms with van der Waals surface area (Å²) in [5, 5.41) is 4.08. The van der Waals surface area contributed by atoms with Crippen LogP contribution in [0.2, 0.25) is 10.0 Å². The molecule has 6 heteroatoms. The Morgan fingerprint density at radius 3 is 2.91 bits per heavy atom. The molecule has 1 aromatic carbocycles. The van der Waals surface area contributed by atoms with Crippen LogP contribution in [0.4, 0.5) is 4.79 Å². The van der Waals surface area contributed by atoms with Gasteiger partial charge in [0.2, 0.25) is 0 Å². The van der Waals surface area contributed by atoms with Crippen LogP contribution in [0, 0.1) is 5.92 Å². The van der Waals surface area contributed by atoms with Crippen molar-refractivity contribution in [1.82, 2.24) is 10.2 Å². The van der Waals surface area contributed by atoms with E-state index < -0.39 is 0 Å². The number of benzene rings is 1. The van der Waals surface area contributed by atoms with E-state index in [2.05, 4.69) is 5.32 Å². The van der Waals surface area contributed by atoms with E-state index in [1.54, 1.807) is 11.0 Å². The molecule has 0 saturated carbocycles. The van der Waals surface area contributed by atoms with Crippen molar-refractivity contribution in [2.75, 3.05) is 33.4 Å². The van der Waals surface area contributed by atoms with Gasteiger partial charge in [0.05, 0.1) is 16.7 Å². The van der Waals surface area contributed by atoms with Gasteiger partial charge in [0, 0.05) is 32.7 Å². The number of nitrogens with zero attached hydrogens (tertiary/aromatic N) is 1. The quantitative estimate of drug-likeness (QED) is 0.801. The highest BCUT2D eigenvalue weighted by Crippen LogP contribution is 2.23. The smallest absolute Gasteiger partial charge is 0.317 e. The number of nitrogens with one attached hydrogen (secondary N) is 1. The lowest BCUT2D eigenvalue weighted by molar-refractivity contribution is 0.171. The average molecular weight is 345 g/mol. The third-order valence-electron chi connectivity index (χ3n) is 3.81. The van der Waals surface area contributed by atoms with E-state index in [0.717, 1.165) is 44.6 Å². The monoisotopic (exact) mass is 344 g/mol. The third-order valence-corrected chi connectivity index (χ3v) is 4.54. The summed E-state index contributed by atoms with van der Waals surface area (Å²) in [7, 11) is 1.83. The Morgan fingerprint density at radius 2 is 2.23 bits per heavy atom. The van der Waals surface area contributed by atoms with Gasteiger partial charge >= 0.3 is 6.03 Å². The van der Waals surface area contributed by atoms with Gasteiger partial charge in [-0.2, -0.15) is 0 Å². The zero-order chi connectivity index (χ0) is 15.9. The number of urea groups is 1. The van der Waals surface area contributed by atoms with E-state index in [-0.39, 0.29) is 6.03 Å². The molecule has 1 N–H and O–H groups in total. The molecule has 2 amide bonds. The number of hydrogen-bond donors (Lipinski definition) is 1. The van der Waals surface area contributed by atoms with Crippen molar-refractivity contribution in [3.8, 4) is 0 Å². The van der Waals surface area contributed by atoms with Crippen LogP contribution in [0.1, 0.15) is 18.4 Å². The summed E-state index contributed by atoms with van der Waals surface area (Å²) in [4.78, 5) is 13.7. The fourth-order valence-electron chi connectivity index (χ4n) is 2.52. The molecule has 0 bridgehead atoms. The lowest BCUT2D eigenvalue weighted by Crippen LogP contribution is -2.40. The molecule has 1 aromatic rings. The number of aryl methyl sites for hydroxylation is 1. The first-order valence-corrected chi connectivity index (χ1v) is 8.32. The number of hydrogen-bond acceptors (Lipinski definition) is 2. The van der Waals surface area contributed by atoms with Crippen LogP contribution in [0.25, 0.3) is 0 Å². The van der Waals surface area contributed by atoms with Crippen molar-refractivity contribution >= 4 is 29.2 Å². The molecule has 1 fully saturated rings. The number of rotatable bonds is 6. The number of carbonyl (C=O) groups is 1. The summed E-state index contributed by atoms with van der Waals surface area (Å²) in [5.74, 6) is 0.465. The Balaban J connectivity index is 1.64. The fraction of sp³-hybridized carbons (Fsp3) is 0.562. The number of amides is 2. The second-order valence-electron chi connectivity index (χ2n) is 5.69. The standard InChI is InChI=1S/C16H22Cl2N2O2/c1-20(10-13-6-8-22-11-13)16(21)19-7-2-3-12-4-5-14(17)15(18)9-12/h4-5,9,13H,2-3,6-8,10-11H2,1H3,(H,19,21)/t13-/m1/s1. The second kappa shape index (κ2) is 8.61. The van der Waals surface area contributed by atoms with Crippen LogP contribution >= 0.6 is 23.2 Å². The third kappa shape index (κ3) is 5.34. The van der Waals surface area contributed by atoms with Crippen molar-refractivity contribution in [2.24, 2.45) is 5.92 Å². The number of ether oxygens (including phenoxy) is 1. The SMILES string of the molecule is CN(C[C@H]1CCOC1)C(=O)NCCCc1ccc(Cl)c(Cl)c1. The average Bonchev–Trinajstić information content (AvgIpc) is 2.99. The molecule has 4 nitrogen and oxygen atoms in total. The summed E-state index contributed by atoms with van der Waals surface area (Å²) in [6.07, 6.45) is 2.76. The van der Waals surface area contributed by atoms with E-state index in [4.69, 9.17) is 27.9 Å². The van der Waals surface area contributed by atoms with Gasteiger partial charge in [-0.15, -0.1) is 0 Å². The fourth-order valence-corrected chi connectivity index (χ4v) is 2.84. The molecule has 0 unspecified atom stereocenters. The first-order chi connectivity index (χ1) is 10.6. The lowest BCUT2D eigenvalue weighted by Gasteiger charge is -2.20. The molecule has 0 radical (unpaired) electrons. The lowest BCUT2D eigenvalue weighted by atomic mass is 10.1. The van der Waals surface area contributed by atoms with Crippen LogP contribution in [-0.2, 0) is 11.2 Å². The van der Waals surface area contributed by atoms with E-state index in [9.17, 15) is 4.79 Å². The Kier molecular flexibility index (Phi) is 6.80. The van der Waals surface area contributed by atoms with E-state index in [0.29, 0.717) is 22.5 Å². The Bertz CT molecular complexity index is 505. The van der Waals surface area contributed by atoms with E-state index in [1.165, 1.54) is 0 Å². The maximum absolute atomic E-state index is 12.0. The minimum Gasteiger partial charge on any atom is -0.381 e. The molecule has 1 saturated heterocycles. The van der Waals surface area contributed by atoms with Crippen LogP contribution < -0.4 is 5.32 Å². The maximum atomic E-state index is 12.0. The molecule has 2 rings (SSSR count). The van der Waals surface area contributed by atoms with Gasteiger partial charge in [-0.05, 0) is 37.0 Å². The molecule has 1 heterocycles. The largest absolute Gasteiger partial charge is 0.381 e. The van der Waals surface area contributed by atoms with Gasteiger partial charge in [0.15, 0.2) is 0 Å². The Morgan fingerprint density at radius 1 is 1.41 bits per heavy atom. The first-order valence-electron chi connectivity index (χ1n) is 7.57. The minimum absolute atomic E-state index is 0.0268. The zero-order valence-corrected chi connectivity index (χ0v) is 14.3. The molecule has 122 valence electrons. The topological polar surface area (TPSA) is 41.6 Å². The summed E-state index contributed by atoms with van der Waals surface area (Å²) in [6, 6.07) is 5.61. The molecule has 1 aliphatic rings. The zero-order valence-electron chi connectivity index (χ0n) is 12.8. The van der Waals surface area contributed by atoms with Gasteiger partial charge in [-0.3, -0.25) is 0 Å². The summed E-state index contributed by atoms with van der Waals surface area (Å²) >= 11 is 11.9. The maximum Gasteiger partial charge on any atom is 0.317 e. The van der Waals surface area contributed by atoms with Crippen molar-refractivity contribution in [3.05, 3.63) is 33.8 Å². The van der Waals surface area contributed by atoms with Gasteiger partial charge < -0.3 is 15.0 Å². The highest BCUT2D eigenvalue weighted by Gasteiger charge is 2.19. The summed E-state index contributed by atoms with van der Waals surface area (Å²) < 4.78 is 5.32. The molecule has 22 heavy (non-hydrogen) atoms. The summed E-state index contributed by atoms with van der Waals surface area (Å²) in [6.45, 7) is 2.96. The predicted molar refractivity (Wildman–Crippen MR) is 89.7 cm³/mol. The van der Waals surface area contributed by atoms with Crippen LogP contribution in [0.3, 0.4) is 0 Å². The molecule has 0 aromatic heterocycles. The van der Waals surface area contributed by atoms with Crippen LogP contribution in [0.15, 0.2) is 18.2 Å². The Hall–Kier alpha value is -0.970. The molecule has 1 aliphatic heterocycles. The van der Waals surface area contributed by atoms with Crippen molar-refractivity contribution < 1.29 is 9.53 Å². The highest BCUT2D eigenvalue weighted by atomic mass is 35.5. The van der Waals surface area contributed by atoms with Crippen LogP contribution in [-0.4, -0.2) is 44.3 Å². The first kappa shape index (κ1) is 17.4. The van der Waals surface area contributed by atoms with Crippen LogP contribution in [0.5, 0.6) is 0 Å². The molecule has 0 aliphatic carbocycles. The molecule has 1 atom stereocenters. The van der Waals surface area contributed by atoms with Gasteiger partial charge in [0.1, 0.15) is 0 Å². The summed E-state index contributed by atoms with van der Waals surface area (Å²) in [5.41, 5.74) is 1.13. The number of halogens is 2. The van der Waals surface area contributed by atoms with Gasteiger partial charge in [-0.1, -0.05) is 29.3 Å². The molecular weight excluding hydrogens is 323 g/mol. The second-order valence-corrected chi connectivity index (χ2v) is 6.51. The van der Waals surface area contributed by atoms with Crippen molar-refractivity contribution in [3.63, 3.8) is 0 Å². The highest BCUT2D eigenvalue weighted by molar-refractivity contribution is 6.42. The normalized spacial score (nSPS) is 17.5. The minimum atomic E-state index is -0.0268. The molecular formula is C16H22Cl2N2O2. The molecule has 0 spiro atoms. The van der Waals surface area contributed by atoms with Gasteiger partial charge in [0.25, 0.3) is 0 Å². The Labute approximate surface area is 141 Å². The number of carbonyl (C=O) groups excluding carboxylic acids is 1. The van der Waals surface area contributed by atoms with E-state index in [1.807, 2.05) is 19.2 Å². The van der Waals surface area contributed by atoms with Gasteiger partial charge in [-0.25, -0.2) is 4.79 Å². The predicted octanol–water partition coefficient (Wildman–Crippen LogP) is 3.60. The van der Waals surface area contributed by atoms with Crippen molar-refractivity contribution in [1.29, 1.82) is 0 Å². The van der Waals surface area contributed by atoms with Crippen molar-refractivity contribution in [2.45, 2.75) is 19.3 Å².